The van der Waals surface area contributed by atoms with Gasteiger partial charge in [0.05, 0.1) is 6.61 Å². The van der Waals surface area contributed by atoms with Gasteiger partial charge in [0.1, 0.15) is 11.9 Å². The van der Waals surface area contributed by atoms with Crippen LogP contribution in [0.1, 0.15) is 23.5 Å². The van der Waals surface area contributed by atoms with Gasteiger partial charge in [0.2, 0.25) is 0 Å². The number of hydrogen-bond donors (Lipinski definition) is 1. The van der Waals surface area contributed by atoms with Gasteiger partial charge >= 0.3 is 0 Å². The van der Waals surface area contributed by atoms with Crippen molar-refractivity contribution in [2.75, 3.05) is 0 Å². The quantitative estimate of drug-likeness (QED) is 0.741. The third-order valence-corrected chi connectivity index (χ3v) is 3.29. The van der Waals surface area contributed by atoms with Gasteiger partial charge in [-0.25, -0.2) is 0 Å². The summed E-state index contributed by atoms with van der Waals surface area (Å²) in [5.74, 6) is 1.16. The maximum atomic E-state index is 9.23. The Kier molecular flexibility index (Phi) is 2.01. The normalized spacial score (nSPS) is 26.3. The van der Waals surface area contributed by atoms with E-state index in [2.05, 4.69) is 12.2 Å². The summed E-state index contributed by atoms with van der Waals surface area (Å²) in [6.45, 7) is -0.0218. The Hall–Kier alpha value is -0.990. The van der Waals surface area contributed by atoms with Crippen LogP contribution in [-0.4, -0.2) is 11.2 Å². The summed E-state index contributed by atoms with van der Waals surface area (Å²) in [6, 6.07) is 3.71. The van der Waals surface area contributed by atoms with E-state index in [1.165, 1.54) is 0 Å². The molecule has 0 amide bonds. The van der Waals surface area contributed by atoms with Crippen LogP contribution in [0, 0.1) is 0 Å². The van der Waals surface area contributed by atoms with Gasteiger partial charge in [0, 0.05) is 28.5 Å². The highest BCUT2D eigenvalue weighted by atomic mass is 35.5. The fourth-order valence-electron chi connectivity index (χ4n) is 2.39. The Bertz CT molecular complexity index is 439. The van der Waals surface area contributed by atoms with Crippen LogP contribution in [0.5, 0.6) is 5.75 Å². The second-order valence-corrected chi connectivity index (χ2v) is 4.42. The minimum absolute atomic E-state index is 0.0218. The third kappa shape index (κ3) is 1.29. The molecule has 1 aromatic rings. The molecule has 0 saturated heterocycles. The smallest absolute Gasteiger partial charge is 0.129 e. The number of fused-ring (bicyclic) bond motifs is 3. The molecule has 15 heavy (non-hydrogen) atoms. The van der Waals surface area contributed by atoms with Crippen LogP contribution in [0.15, 0.2) is 24.3 Å². The highest BCUT2D eigenvalue weighted by molar-refractivity contribution is 6.30. The summed E-state index contributed by atoms with van der Waals surface area (Å²) < 4.78 is 5.83. The number of aliphatic hydroxyl groups excluding tert-OH is 1. The van der Waals surface area contributed by atoms with Gasteiger partial charge in [-0.15, -0.1) is 0 Å². The zero-order chi connectivity index (χ0) is 10.4. The van der Waals surface area contributed by atoms with E-state index in [0.29, 0.717) is 10.9 Å². The molecule has 1 N–H and O–H groups in total. The van der Waals surface area contributed by atoms with Crippen molar-refractivity contribution >= 4 is 11.6 Å². The molecule has 1 aliphatic heterocycles. The van der Waals surface area contributed by atoms with Crippen molar-refractivity contribution in [3.8, 4) is 5.75 Å². The minimum Gasteiger partial charge on any atom is -0.488 e. The maximum Gasteiger partial charge on any atom is 0.129 e. The zero-order valence-corrected chi connectivity index (χ0v) is 8.87. The van der Waals surface area contributed by atoms with E-state index in [1.54, 1.807) is 6.07 Å². The SMILES string of the molecule is OCc1cc(Cl)cc2c1O[C@@H]1CC=C[C@H]21. The number of rotatable bonds is 1. The van der Waals surface area contributed by atoms with Crippen LogP contribution < -0.4 is 4.74 Å². The largest absolute Gasteiger partial charge is 0.488 e. The summed E-state index contributed by atoms with van der Waals surface area (Å²) >= 11 is 6.01. The summed E-state index contributed by atoms with van der Waals surface area (Å²) in [5.41, 5.74) is 1.91. The predicted molar refractivity (Wildman–Crippen MR) is 58.3 cm³/mol. The molecular weight excluding hydrogens is 212 g/mol. The Labute approximate surface area is 93.1 Å². The highest BCUT2D eigenvalue weighted by Gasteiger charge is 2.36. The molecule has 3 heteroatoms. The molecule has 0 unspecified atom stereocenters. The van der Waals surface area contributed by atoms with E-state index in [-0.39, 0.29) is 12.7 Å². The fraction of sp³-hybridized carbons (Fsp3) is 0.333. The molecule has 1 heterocycles. The first-order valence-electron chi connectivity index (χ1n) is 5.06. The van der Waals surface area contributed by atoms with Crippen molar-refractivity contribution in [2.45, 2.75) is 25.0 Å². The second-order valence-electron chi connectivity index (χ2n) is 3.99. The van der Waals surface area contributed by atoms with Gasteiger partial charge in [0.15, 0.2) is 0 Å². The lowest BCUT2D eigenvalue weighted by Crippen LogP contribution is -2.11. The van der Waals surface area contributed by atoms with Crippen LogP contribution in [0.4, 0.5) is 0 Å². The van der Waals surface area contributed by atoms with Crippen LogP contribution in [0.2, 0.25) is 5.02 Å². The second kappa shape index (κ2) is 3.26. The molecule has 78 valence electrons. The first-order chi connectivity index (χ1) is 7.29. The molecule has 0 aromatic heterocycles. The van der Waals surface area contributed by atoms with Crippen LogP contribution in [0.3, 0.4) is 0 Å². The maximum absolute atomic E-state index is 9.23. The lowest BCUT2D eigenvalue weighted by molar-refractivity contribution is 0.220. The average molecular weight is 223 g/mol. The van der Waals surface area contributed by atoms with E-state index in [1.807, 2.05) is 6.07 Å². The molecule has 2 atom stereocenters. The average Bonchev–Trinajstić information content (AvgIpc) is 2.77. The lowest BCUT2D eigenvalue weighted by atomic mass is 9.97. The molecule has 0 fully saturated rings. The summed E-state index contributed by atoms with van der Waals surface area (Å²) in [7, 11) is 0. The molecule has 2 aliphatic rings. The lowest BCUT2D eigenvalue weighted by Gasteiger charge is -2.08. The third-order valence-electron chi connectivity index (χ3n) is 3.07. The molecule has 3 rings (SSSR count). The Morgan fingerprint density at radius 2 is 2.33 bits per heavy atom. The van der Waals surface area contributed by atoms with Crippen molar-refractivity contribution in [2.24, 2.45) is 0 Å². The van der Waals surface area contributed by atoms with Gasteiger partial charge in [-0.2, -0.15) is 0 Å². The van der Waals surface area contributed by atoms with Gasteiger partial charge in [0.25, 0.3) is 0 Å². The molecule has 0 saturated carbocycles. The molecular formula is C12H11ClO2. The van der Waals surface area contributed by atoms with E-state index >= 15 is 0 Å². The summed E-state index contributed by atoms with van der Waals surface area (Å²) in [5, 5.41) is 9.90. The van der Waals surface area contributed by atoms with Crippen molar-refractivity contribution in [3.63, 3.8) is 0 Å². The first kappa shape index (κ1) is 9.25. The van der Waals surface area contributed by atoms with E-state index in [0.717, 1.165) is 23.3 Å². The van der Waals surface area contributed by atoms with E-state index < -0.39 is 0 Å². The highest BCUT2D eigenvalue weighted by Crippen LogP contribution is 2.46. The number of benzene rings is 1. The number of ether oxygens (including phenoxy) is 1. The van der Waals surface area contributed by atoms with Gasteiger partial charge in [-0.05, 0) is 12.1 Å². The zero-order valence-electron chi connectivity index (χ0n) is 8.11. The minimum atomic E-state index is -0.0218. The number of aliphatic hydroxyl groups is 1. The summed E-state index contributed by atoms with van der Waals surface area (Å²) in [4.78, 5) is 0. The van der Waals surface area contributed by atoms with Crippen molar-refractivity contribution in [3.05, 3.63) is 40.4 Å². The topological polar surface area (TPSA) is 29.5 Å². The molecule has 0 bridgehead atoms. The van der Waals surface area contributed by atoms with Crippen molar-refractivity contribution in [1.82, 2.24) is 0 Å². The van der Waals surface area contributed by atoms with Crippen LogP contribution in [0.25, 0.3) is 0 Å². The Morgan fingerprint density at radius 1 is 1.47 bits per heavy atom. The van der Waals surface area contributed by atoms with Gasteiger partial charge < -0.3 is 9.84 Å². The Balaban J connectivity index is 2.16. The molecule has 0 spiro atoms. The van der Waals surface area contributed by atoms with Gasteiger partial charge in [-0.3, -0.25) is 0 Å². The standard InChI is InChI=1S/C12H11ClO2/c13-8-4-7(6-14)12-10(5-8)9-2-1-3-11(9)15-12/h1-2,4-5,9,11,14H,3,6H2/t9-,11-/m1/s1. The molecule has 0 radical (unpaired) electrons. The van der Waals surface area contributed by atoms with E-state index in [4.69, 9.17) is 16.3 Å². The Morgan fingerprint density at radius 3 is 3.13 bits per heavy atom. The molecule has 1 aromatic carbocycles. The summed E-state index contributed by atoms with van der Waals surface area (Å²) in [6.07, 6.45) is 5.46. The monoisotopic (exact) mass is 222 g/mol. The van der Waals surface area contributed by atoms with E-state index in [9.17, 15) is 5.11 Å². The number of halogens is 1. The number of hydrogen-bond acceptors (Lipinski definition) is 2. The van der Waals surface area contributed by atoms with Crippen molar-refractivity contribution < 1.29 is 9.84 Å². The van der Waals surface area contributed by atoms with Crippen molar-refractivity contribution in [1.29, 1.82) is 0 Å². The predicted octanol–water partition coefficient (Wildman–Crippen LogP) is 2.64. The van der Waals surface area contributed by atoms with Crippen LogP contribution in [-0.2, 0) is 6.61 Å². The molecule has 2 nitrogen and oxygen atoms in total. The molecule has 1 aliphatic carbocycles. The van der Waals surface area contributed by atoms with Gasteiger partial charge in [-0.1, -0.05) is 23.8 Å². The fourth-order valence-corrected chi connectivity index (χ4v) is 2.64. The first-order valence-corrected chi connectivity index (χ1v) is 5.44. The van der Waals surface area contributed by atoms with Crippen LogP contribution >= 0.6 is 11.6 Å².